The van der Waals surface area contributed by atoms with E-state index < -0.39 is 0 Å². The zero-order chi connectivity index (χ0) is 11.4. The number of hydrogen-bond donors (Lipinski definition) is 2. The minimum absolute atomic E-state index is 0.257. The van der Waals surface area contributed by atoms with E-state index in [1.807, 2.05) is 11.3 Å². The van der Waals surface area contributed by atoms with Crippen LogP contribution in [0.2, 0.25) is 0 Å². The summed E-state index contributed by atoms with van der Waals surface area (Å²) in [6.07, 6.45) is 2.66. The summed E-state index contributed by atoms with van der Waals surface area (Å²) >= 11 is 1.86. The van der Waals surface area contributed by atoms with Crippen molar-refractivity contribution < 1.29 is 0 Å². The van der Waals surface area contributed by atoms with Gasteiger partial charge in [-0.2, -0.15) is 0 Å². The van der Waals surface area contributed by atoms with Crippen molar-refractivity contribution in [2.24, 2.45) is 0 Å². The van der Waals surface area contributed by atoms with Crippen molar-refractivity contribution in [2.45, 2.75) is 38.1 Å². The molecule has 0 aromatic carbocycles. The maximum atomic E-state index is 3.60. The molecule has 1 aliphatic heterocycles. The van der Waals surface area contributed by atoms with E-state index in [1.165, 1.54) is 24.3 Å². The minimum atomic E-state index is 0.257. The van der Waals surface area contributed by atoms with Crippen LogP contribution in [0.3, 0.4) is 0 Å². The standard InChI is InChI=1S/C13H22N2S/c1-13(2,12-6-4-8-16-12)10-14-9-11-5-3-7-15-11/h4,6,8,11,14-15H,3,5,7,9-10H2,1-2H3. The van der Waals surface area contributed by atoms with Crippen molar-refractivity contribution in [1.29, 1.82) is 0 Å². The number of thiophene rings is 1. The van der Waals surface area contributed by atoms with E-state index in [0.717, 1.165) is 13.1 Å². The van der Waals surface area contributed by atoms with Gasteiger partial charge in [0.05, 0.1) is 0 Å². The second-order valence-corrected chi connectivity index (χ2v) is 6.23. The monoisotopic (exact) mass is 238 g/mol. The lowest BCUT2D eigenvalue weighted by atomic mass is 9.91. The molecule has 1 fully saturated rings. The topological polar surface area (TPSA) is 24.1 Å². The van der Waals surface area contributed by atoms with E-state index in [-0.39, 0.29) is 5.41 Å². The van der Waals surface area contributed by atoms with Gasteiger partial charge >= 0.3 is 0 Å². The van der Waals surface area contributed by atoms with Gasteiger partial charge in [-0.25, -0.2) is 0 Å². The van der Waals surface area contributed by atoms with Crippen LogP contribution < -0.4 is 10.6 Å². The molecule has 1 unspecified atom stereocenters. The van der Waals surface area contributed by atoms with E-state index in [4.69, 9.17) is 0 Å². The SMILES string of the molecule is CC(C)(CNCC1CCCN1)c1cccs1. The molecule has 0 aliphatic carbocycles. The molecule has 1 aromatic rings. The van der Waals surface area contributed by atoms with E-state index in [0.29, 0.717) is 6.04 Å². The number of rotatable bonds is 5. The molecular weight excluding hydrogens is 216 g/mol. The highest BCUT2D eigenvalue weighted by Gasteiger charge is 2.22. The van der Waals surface area contributed by atoms with Crippen LogP contribution in [0, 0.1) is 0 Å². The Morgan fingerprint density at radius 1 is 1.56 bits per heavy atom. The first-order valence-corrected chi connectivity index (χ1v) is 7.04. The van der Waals surface area contributed by atoms with Crippen LogP contribution in [-0.4, -0.2) is 25.7 Å². The predicted octanol–water partition coefficient (Wildman–Crippen LogP) is 2.37. The van der Waals surface area contributed by atoms with E-state index in [1.54, 1.807) is 0 Å². The van der Waals surface area contributed by atoms with Gasteiger partial charge in [0.2, 0.25) is 0 Å². The molecular formula is C13H22N2S. The maximum Gasteiger partial charge on any atom is 0.0192 e. The first-order chi connectivity index (χ1) is 7.68. The number of nitrogens with one attached hydrogen (secondary N) is 2. The molecule has 2 rings (SSSR count). The summed E-state index contributed by atoms with van der Waals surface area (Å²) in [7, 11) is 0. The Labute approximate surface area is 102 Å². The molecule has 2 N–H and O–H groups in total. The lowest BCUT2D eigenvalue weighted by molar-refractivity contribution is 0.447. The molecule has 0 bridgehead atoms. The lowest BCUT2D eigenvalue weighted by Gasteiger charge is -2.24. The molecule has 16 heavy (non-hydrogen) atoms. The largest absolute Gasteiger partial charge is 0.314 e. The van der Waals surface area contributed by atoms with Crippen LogP contribution in [0.1, 0.15) is 31.6 Å². The van der Waals surface area contributed by atoms with Gasteiger partial charge in [-0.15, -0.1) is 11.3 Å². The molecule has 1 aromatic heterocycles. The van der Waals surface area contributed by atoms with Crippen LogP contribution in [-0.2, 0) is 5.41 Å². The second kappa shape index (κ2) is 5.30. The average molecular weight is 238 g/mol. The first kappa shape index (κ1) is 12.1. The van der Waals surface area contributed by atoms with Gasteiger partial charge in [0.1, 0.15) is 0 Å². The van der Waals surface area contributed by atoms with E-state index in [2.05, 4.69) is 42.0 Å². The fraction of sp³-hybridized carbons (Fsp3) is 0.692. The highest BCUT2D eigenvalue weighted by molar-refractivity contribution is 7.10. The highest BCUT2D eigenvalue weighted by Crippen LogP contribution is 2.26. The van der Waals surface area contributed by atoms with Gasteiger partial charge in [0.25, 0.3) is 0 Å². The lowest BCUT2D eigenvalue weighted by Crippen LogP contribution is -2.39. The van der Waals surface area contributed by atoms with E-state index >= 15 is 0 Å². The van der Waals surface area contributed by atoms with Crippen molar-refractivity contribution in [3.63, 3.8) is 0 Å². The van der Waals surface area contributed by atoms with Crippen molar-refractivity contribution in [2.75, 3.05) is 19.6 Å². The Balaban J connectivity index is 1.76. The Hall–Kier alpha value is -0.380. The Kier molecular flexibility index (Phi) is 4.00. The van der Waals surface area contributed by atoms with Gasteiger partial charge in [-0.3, -0.25) is 0 Å². The molecule has 1 aliphatic rings. The summed E-state index contributed by atoms with van der Waals surface area (Å²) in [5, 5.41) is 9.28. The fourth-order valence-electron chi connectivity index (χ4n) is 2.24. The summed E-state index contributed by atoms with van der Waals surface area (Å²) in [5.41, 5.74) is 0.257. The highest BCUT2D eigenvalue weighted by atomic mass is 32.1. The van der Waals surface area contributed by atoms with Crippen molar-refractivity contribution in [1.82, 2.24) is 10.6 Å². The van der Waals surface area contributed by atoms with Crippen LogP contribution >= 0.6 is 11.3 Å². The zero-order valence-electron chi connectivity index (χ0n) is 10.3. The molecule has 2 nitrogen and oxygen atoms in total. The number of hydrogen-bond acceptors (Lipinski definition) is 3. The third-order valence-electron chi connectivity index (χ3n) is 3.31. The Bertz CT molecular complexity index is 300. The summed E-state index contributed by atoms with van der Waals surface area (Å²) in [6.45, 7) is 7.99. The second-order valence-electron chi connectivity index (χ2n) is 5.29. The molecule has 3 heteroatoms. The summed E-state index contributed by atoms with van der Waals surface area (Å²) in [4.78, 5) is 1.47. The van der Waals surface area contributed by atoms with Crippen molar-refractivity contribution >= 4 is 11.3 Å². The van der Waals surface area contributed by atoms with Crippen molar-refractivity contribution in [3.05, 3.63) is 22.4 Å². The van der Waals surface area contributed by atoms with Gasteiger partial charge in [-0.05, 0) is 30.8 Å². The van der Waals surface area contributed by atoms with Gasteiger partial charge in [0.15, 0.2) is 0 Å². The zero-order valence-corrected chi connectivity index (χ0v) is 11.1. The van der Waals surface area contributed by atoms with Crippen molar-refractivity contribution in [3.8, 4) is 0 Å². The third-order valence-corrected chi connectivity index (χ3v) is 4.54. The van der Waals surface area contributed by atoms with Gasteiger partial charge in [-0.1, -0.05) is 19.9 Å². The first-order valence-electron chi connectivity index (χ1n) is 6.16. The van der Waals surface area contributed by atoms with Crippen LogP contribution in [0.5, 0.6) is 0 Å². The molecule has 1 saturated heterocycles. The van der Waals surface area contributed by atoms with E-state index in [9.17, 15) is 0 Å². The summed E-state index contributed by atoms with van der Waals surface area (Å²) < 4.78 is 0. The average Bonchev–Trinajstić information content (AvgIpc) is 2.90. The minimum Gasteiger partial charge on any atom is -0.314 e. The molecule has 0 spiro atoms. The molecule has 0 radical (unpaired) electrons. The Morgan fingerprint density at radius 2 is 2.44 bits per heavy atom. The van der Waals surface area contributed by atoms with Crippen LogP contribution in [0.4, 0.5) is 0 Å². The smallest absolute Gasteiger partial charge is 0.0192 e. The molecule has 1 atom stereocenters. The summed E-state index contributed by atoms with van der Waals surface area (Å²) in [6, 6.07) is 5.07. The molecule has 0 amide bonds. The van der Waals surface area contributed by atoms with Gasteiger partial charge in [0, 0.05) is 29.4 Å². The van der Waals surface area contributed by atoms with Crippen LogP contribution in [0.25, 0.3) is 0 Å². The third kappa shape index (κ3) is 3.06. The molecule has 90 valence electrons. The van der Waals surface area contributed by atoms with Gasteiger partial charge < -0.3 is 10.6 Å². The maximum absolute atomic E-state index is 3.60. The molecule has 2 heterocycles. The summed E-state index contributed by atoms with van der Waals surface area (Å²) in [5.74, 6) is 0. The quantitative estimate of drug-likeness (QED) is 0.823. The Morgan fingerprint density at radius 3 is 3.06 bits per heavy atom. The predicted molar refractivity (Wildman–Crippen MR) is 71.2 cm³/mol. The normalized spacial score (nSPS) is 21.5. The molecule has 0 saturated carbocycles. The fourth-order valence-corrected chi connectivity index (χ4v) is 3.09. The van der Waals surface area contributed by atoms with Crippen LogP contribution in [0.15, 0.2) is 17.5 Å².